The van der Waals surface area contributed by atoms with Gasteiger partial charge in [0.25, 0.3) is 0 Å². The lowest BCUT2D eigenvalue weighted by Gasteiger charge is -2.13. The molecule has 136 valence electrons. The van der Waals surface area contributed by atoms with Crippen molar-refractivity contribution in [2.24, 2.45) is 5.92 Å². The topological polar surface area (TPSA) is 60.5 Å². The van der Waals surface area contributed by atoms with Gasteiger partial charge in [0.2, 0.25) is 5.91 Å². The van der Waals surface area contributed by atoms with Gasteiger partial charge in [-0.25, -0.2) is 0 Å². The highest BCUT2D eigenvalue weighted by molar-refractivity contribution is 5.76. The molecule has 0 saturated carbocycles. The Labute approximate surface area is 154 Å². The maximum Gasteiger partial charge on any atom is 0.220 e. The Morgan fingerprint density at radius 3 is 2.77 bits per heavy atom. The minimum Gasteiger partial charge on any atom is -0.493 e. The monoisotopic (exact) mass is 352 g/mol. The Morgan fingerprint density at radius 1 is 1.19 bits per heavy atom. The van der Waals surface area contributed by atoms with Crippen molar-refractivity contribution in [1.29, 1.82) is 0 Å². The number of carbonyl (C=O) groups is 1. The van der Waals surface area contributed by atoms with Gasteiger partial charge in [-0.05, 0) is 54.2 Å². The lowest BCUT2D eigenvalue weighted by molar-refractivity contribution is -0.121. The van der Waals surface area contributed by atoms with Gasteiger partial charge < -0.3 is 14.8 Å². The molecule has 1 aromatic heterocycles. The fourth-order valence-electron chi connectivity index (χ4n) is 2.96. The minimum atomic E-state index is 0.0820. The zero-order valence-electron chi connectivity index (χ0n) is 15.0. The Kier molecular flexibility index (Phi) is 6.25. The highest BCUT2D eigenvalue weighted by atomic mass is 16.5. The van der Waals surface area contributed by atoms with Gasteiger partial charge in [0, 0.05) is 25.4 Å². The van der Waals surface area contributed by atoms with Crippen molar-refractivity contribution in [3.05, 3.63) is 66.0 Å². The van der Waals surface area contributed by atoms with Crippen LogP contribution in [-0.2, 0) is 17.9 Å². The first kappa shape index (κ1) is 18.0. The summed E-state index contributed by atoms with van der Waals surface area (Å²) in [6, 6.07) is 9.55. The third kappa shape index (κ3) is 5.09. The third-order valence-electron chi connectivity index (χ3n) is 4.42. The second-order valence-corrected chi connectivity index (χ2v) is 6.38. The molecule has 1 heterocycles. The molecule has 2 aromatic rings. The number of ether oxygens (including phenoxy) is 2. The molecule has 1 aliphatic carbocycles. The molecule has 5 heteroatoms. The van der Waals surface area contributed by atoms with E-state index < -0.39 is 0 Å². The molecule has 0 bridgehead atoms. The van der Waals surface area contributed by atoms with Crippen LogP contribution < -0.4 is 14.8 Å². The van der Waals surface area contributed by atoms with Gasteiger partial charge in [-0.3, -0.25) is 9.78 Å². The molecule has 0 unspecified atom stereocenters. The summed E-state index contributed by atoms with van der Waals surface area (Å²) in [4.78, 5) is 16.0. The number of carbonyl (C=O) groups excluding carboxylic acids is 1. The summed E-state index contributed by atoms with van der Waals surface area (Å²) in [6.45, 7) is 0.931. The average Bonchev–Trinajstić information content (AvgIpc) is 3.18. The van der Waals surface area contributed by atoms with Crippen LogP contribution in [0.1, 0.15) is 30.4 Å². The number of hydrogen-bond acceptors (Lipinski definition) is 4. The van der Waals surface area contributed by atoms with Crippen LogP contribution >= 0.6 is 0 Å². The molecule has 1 N–H and O–H groups in total. The summed E-state index contributed by atoms with van der Waals surface area (Å²) in [6.07, 6.45) is 10.5. The van der Waals surface area contributed by atoms with Crippen LogP contribution in [0.3, 0.4) is 0 Å². The zero-order chi connectivity index (χ0) is 18.2. The molecule has 0 spiro atoms. The van der Waals surface area contributed by atoms with E-state index in [2.05, 4.69) is 22.5 Å². The molecule has 1 amide bonds. The lowest BCUT2D eigenvalue weighted by atomic mass is 10.1. The zero-order valence-corrected chi connectivity index (χ0v) is 15.0. The summed E-state index contributed by atoms with van der Waals surface area (Å²) in [5.74, 6) is 1.80. The molecular weight excluding hydrogens is 328 g/mol. The molecule has 5 nitrogen and oxygen atoms in total. The molecule has 0 radical (unpaired) electrons. The maximum atomic E-state index is 12.0. The predicted molar refractivity (Wildman–Crippen MR) is 99.9 cm³/mol. The summed E-state index contributed by atoms with van der Waals surface area (Å²) >= 11 is 0. The Balaban J connectivity index is 1.54. The molecule has 3 rings (SSSR count). The number of rotatable bonds is 8. The third-order valence-corrected chi connectivity index (χ3v) is 4.42. The van der Waals surface area contributed by atoms with E-state index in [9.17, 15) is 4.79 Å². The van der Waals surface area contributed by atoms with E-state index in [-0.39, 0.29) is 5.91 Å². The van der Waals surface area contributed by atoms with Crippen molar-refractivity contribution in [2.45, 2.75) is 32.4 Å². The van der Waals surface area contributed by atoms with E-state index in [1.165, 1.54) is 0 Å². The molecule has 0 aliphatic heterocycles. The minimum absolute atomic E-state index is 0.0820. The first-order valence-electron chi connectivity index (χ1n) is 8.86. The van der Waals surface area contributed by atoms with Crippen LogP contribution in [0.25, 0.3) is 0 Å². The van der Waals surface area contributed by atoms with E-state index in [4.69, 9.17) is 9.47 Å². The smallest absolute Gasteiger partial charge is 0.220 e. The van der Waals surface area contributed by atoms with Crippen LogP contribution in [0.4, 0.5) is 0 Å². The molecule has 0 saturated heterocycles. The number of benzene rings is 1. The van der Waals surface area contributed by atoms with Crippen molar-refractivity contribution in [3.63, 3.8) is 0 Å². The van der Waals surface area contributed by atoms with Crippen molar-refractivity contribution < 1.29 is 14.3 Å². The normalized spacial score (nSPS) is 15.7. The van der Waals surface area contributed by atoms with Gasteiger partial charge >= 0.3 is 0 Å². The predicted octanol–water partition coefficient (Wildman–Crippen LogP) is 3.64. The quantitative estimate of drug-likeness (QED) is 0.737. The largest absolute Gasteiger partial charge is 0.493 e. The molecular formula is C21H24N2O3. The summed E-state index contributed by atoms with van der Waals surface area (Å²) in [5, 5.41) is 2.98. The van der Waals surface area contributed by atoms with Gasteiger partial charge in [-0.15, -0.1) is 0 Å². The number of amides is 1. The van der Waals surface area contributed by atoms with Crippen molar-refractivity contribution in [2.75, 3.05) is 7.11 Å². The maximum absolute atomic E-state index is 12.0. The molecule has 0 fully saturated rings. The summed E-state index contributed by atoms with van der Waals surface area (Å²) < 4.78 is 11.3. The van der Waals surface area contributed by atoms with Crippen molar-refractivity contribution in [3.8, 4) is 11.5 Å². The van der Waals surface area contributed by atoms with Crippen molar-refractivity contribution >= 4 is 5.91 Å². The molecule has 1 atom stereocenters. The van der Waals surface area contributed by atoms with Crippen LogP contribution in [0, 0.1) is 5.92 Å². The number of aromatic nitrogens is 1. The number of nitrogens with zero attached hydrogens (tertiary/aromatic N) is 1. The van der Waals surface area contributed by atoms with E-state index in [1.807, 2.05) is 30.3 Å². The first-order chi connectivity index (χ1) is 12.7. The van der Waals surface area contributed by atoms with Gasteiger partial charge in [0.1, 0.15) is 6.61 Å². The number of nitrogens with one attached hydrogen (secondary N) is 1. The Bertz CT molecular complexity index is 759. The van der Waals surface area contributed by atoms with Gasteiger partial charge in [0.15, 0.2) is 11.5 Å². The Morgan fingerprint density at radius 2 is 2.04 bits per heavy atom. The van der Waals surface area contributed by atoms with E-state index in [1.54, 1.807) is 19.5 Å². The SMILES string of the molecule is COc1cc(CNC(=O)C[C@@H]2C=CCC2)ccc1OCc1ccncc1. The molecule has 1 aromatic carbocycles. The standard InChI is InChI=1S/C21H24N2O3/c1-25-20-12-18(14-23-21(24)13-16-4-2-3-5-16)6-7-19(20)26-15-17-8-10-22-11-9-17/h2,4,6-12,16H,3,5,13-15H2,1H3,(H,23,24)/t16-/m1/s1. The number of pyridine rings is 1. The highest BCUT2D eigenvalue weighted by Gasteiger charge is 2.14. The van der Waals surface area contributed by atoms with E-state index in [0.29, 0.717) is 37.0 Å². The second kappa shape index (κ2) is 9.04. The van der Waals surface area contributed by atoms with Gasteiger partial charge in [-0.1, -0.05) is 18.2 Å². The van der Waals surface area contributed by atoms with Gasteiger partial charge in [-0.2, -0.15) is 0 Å². The van der Waals surface area contributed by atoms with Crippen LogP contribution in [0.5, 0.6) is 11.5 Å². The fourth-order valence-corrected chi connectivity index (χ4v) is 2.96. The van der Waals surface area contributed by atoms with Gasteiger partial charge in [0.05, 0.1) is 7.11 Å². The Hall–Kier alpha value is -2.82. The van der Waals surface area contributed by atoms with Crippen molar-refractivity contribution in [1.82, 2.24) is 10.3 Å². The van der Waals surface area contributed by atoms with E-state index >= 15 is 0 Å². The summed E-state index contributed by atoms with van der Waals surface area (Å²) in [5.41, 5.74) is 2.02. The molecule has 1 aliphatic rings. The van der Waals surface area contributed by atoms with Crippen LogP contribution in [0.2, 0.25) is 0 Å². The van der Waals surface area contributed by atoms with Crippen LogP contribution in [-0.4, -0.2) is 18.0 Å². The van der Waals surface area contributed by atoms with E-state index in [0.717, 1.165) is 24.0 Å². The second-order valence-electron chi connectivity index (χ2n) is 6.38. The lowest BCUT2D eigenvalue weighted by Crippen LogP contribution is -2.24. The molecule has 26 heavy (non-hydrogen) atoms. The number of allylic oxidation sites excluding steroid dienone is 2. The van der Waals surface area contributed by atoms with Crippen LogP contribution in [0.15, 0.2) is 54.9 Å². The average molecular weight is 352 g/mol. The first-order valence-corrected chi connectivity index (χ1v) is 8.86. The summed E-state index contributed by atoms with van der Waals surface area (Å²) in [7, 11) is 1.61. The highest BCUT2D eigenvalue weighted by Crippen LogP contribution is 2.29. The fraction of sp³-hybridized carbons (Fsp3) is 0.333. The number of methoxy groups -OCH3 is 1. The number of hydrogen-bond donors (Lipinski definition) is 1.